The molecule has 4 aliphatic rings. The van der Waals surface area contributed by atoms with Crippen LogP contribution in [0.5, 0.6) is 6.01 Å². The van der Waals surface area contributed by atoms with Gasteiger partial charge in [-0.3, -0.25) is 14.7 Å². The van der Waals surface area contributed by atoms with E-state index in [9.17, 15) is 13.6 Å². The summed E-state index contributed by atoms with van der Waals surface area (Å²) in [5.74, 6) is -0.547. The number of hydrogen-bond donors (Lipinski definition) is 2. The third kappa shape index (κ3) is 7.65. The van der Waals surface area contributed by atoms with Gasteiger partial charge in [-0.05, 0) is 43.9 Å². The number of anilines is 2. The summed E-state index contributed by atoms with van der Waals surface area (Å²) in [6.07, 6.45) is 4.45. The smallest absolute Gasteiger partial charge is 0.318 e. The second-order valence-corrected chi connectivity index (χ2v) is 13.4. The Kier molecular flexibility index (Phi) is 11.7. The van der Waals surface area contributed by atoms with Crippen molar-refractivity contribution in [2.24, 2.45) is 10.7 Å². The van der Waals surface area contributed by atoms with Crippen molar-refractivity contribution in [3.05, 3.63) is 61.4 Å². The van der Waals surface area contributed by atoms with Gasteiger partial charge in [0, 0.05) is 57.3 Å². The number of nitrogens with zero attached hydrogens (tertiary/aromatic N) is 6. The Morgan fingerprint density at radius 2 is 1.96 bits per heavy atom. The number of nitrogen functional groups attached to an aromatic ring is 1. The van der Waals surface area contributed by atoms with Crippen LogP contribution in [0.2, 0.25) is 10.0 Å². The molecule has 1 aromatic heterocycles. The fraction of sp³-hybridized carbons (Fsp3) is 0.500. The number of halogens is 5. The van der Waals surface area contributed by atoms with Crippen molar-refractivity contribution in [2.75, 3.05) is 64.6 Å². The lowest BCUT2D eigenvalue weighted by Crippen LogP contribution is -2.35. The van der Waals surface area contributed by atoms with Gasteiger partial charge in [-0.1, -0.05) is 34.8 Å². The number of aromatic nitrogens is 2. The molecule has 2 saturated heterocycles. The molecule has 6 rings (SSSR count). The molecule has 4 aliphatic heterocycles. The maximum Gasteiger partial charge on any atom is 0.318 e. The van der Waals surface area contributed by atoms with Gasteiger partial charge in [-0.25, -0.2) is 8.78 Å². The number of methoxy groups -OCH3 is 1. The lowest BCUT2D eigenvalue weighted by Gasteiger charge is -2.31. The van der Waals surface area contributed by atoms with E-state index in [2.05, 4.69) is 19.9 Å². The maximum absolute atomic E-state index is 15.0. The number of nitrogens with two attached hydrogens (primary N) is 2. The summed E-state index contributed by atoms with van der Waals surface area (Å²) in [6.45, 7) is 3.45. The molecule has 2 unspecified atom stereocenters. The maximum atomic E-state index is 15.0. The molecule has 16 heteroatoms. The highest BCUT2D eigenvalue weighted by atomic mass is 35.5. The first-order valence-electron chi connectivity index (χ1n) is 15.6. The fourth-order valence-corrected chi connectivity index (χ4v) is 7.01. The first-order chi connectivity index (χ1) is 22.9. The number of likely N-dealkylation sites (N-methyl/N-ethyl adjacent to an activating group) is 1. The molecule has 48 heavy (non-hydrogen) atoms. The molecule has 0 bridgehead atoms. The molecular formula is C32H39Cl3F2N8O3. The first kappa shape index (κ1) is 36.1. The Morgan fingerprint density at radius 1 is 1.19 bits per heavy atom. The van der Waals surface area contributed by atoms with Gasteiger partial charge in [0.15, 0.2) is 5.82 Å². The van der Waals surface area contributed by atoms with Gasteiger partial charge in [0.2, 0.25) is 0 Å². The third-order valence-electron chi connectivity index (χ3n) is 8.79. The predicted octanol–water partition coefficient (Wildman–Crippen LogP) is 5.18. The van der Waals surface area contributed by atoms with Crippen LogP contribution in [-0.4, -0.2) is 91.4 Å². The second kappa shape index (κ2) is 15.5. The Labute approximate surface area is 293 Å². The van der Waals surface area contributed by atoms with Gasteiger partial charge in [0.05, 0.1) is 64.9 Å². The SMILES string of the molecule is COc1nc2c(c(N3CCCN=C(/C(Cl)=C(\N)C(=O)N(C)C)C3)n1)COC(c1c(F)c(N)cc(Cl)c1Cl)C2.F/C=C1/CC2CCCN2C1. The zero-order chi connectivity index (χ0) is 34.7. The van der Waals surface area contributed by atoms with E-state index in [1.54, 1.807) is 14.1 Å². The van der Waals surface area contributed by atoms with Gasteiger partial charge >= 0.3 is 6.01 Å². The monoisotopic (exact) mass is 726 g/mol. The van der Waals surface area contributed by atoms with Crippen LogP contribution in [0.1, 0.15) is 48.6 Å². The van der Waals surface area contributed by atoms with Crippen molar-refractivity contribution in [3.63, 3.8) is 0 Å². The van der Waals surface area contributed by atoms with Crippen molar-refractivity contribution >= 4 is 57.9 Å². The fourth-order valence-electron chi connectivity index (χ4n) is 6.33. The highest BCUT2D eigenvalue weighted by molar-refractivity contribution is 6.46. The van der Waals surface area contributed by atoms with E-state index in [1.165, 1.54) is 37.5 Å². The minimum Gasteiger partial charge on any atom is -0.467 e. The molecule has 260 valence electrons. The number of benzene rings is 1. The van der Waals surface area contributed by atoms with Crippen LogP contribution in [0.15, 0.2) is 33.7 Å². The minimum absolute atomic E-state index is 0.0349. The van der Waals surface area contributed by atoms with Gasteiger partial charge in [-0.15, -0.1) is 0 Å². The summed E-state index contributed by atoms with van der Waals surface area (Å²) >= 11 is 19.0. The molecule has 2 atom stereocenters. The van der Waals surface area contributed by atoms with Crippen LogP contribution in [-0.2, 0) is 22.6 Å². The van der Waals surface area contributed by atoms with E-state index >= 15 is 0 Å². The average molecular weight is 728 g/mol. The normalized spacial score (nSPS) is 22.2. The lowest BCUT2D eigenvalue weighted by molar-refractivity contribution is -0.124. The lowest BCUT2D eigenvalue weighted by atomic mass is 9.98. The van der Waals surface area contributed by atoms with Crippen LogP contribution < -0.4 is 21.1 Å². The average Bonchev–Trinajstić information content (AvgIpc) is 3.60. The predicted molar refractivity (Wildman–Crippen MR) is 184 cm³/mol. The summed E-state index contributed by atoms with van der Waals surface area (Å²) in [5.41, 5.74) is 14.4. The first-order valence-corrected chi connectivity index (χ1v) is 16.7. The number of ether oxygens (including phenoxy) is 2. The molecular weight excluding hydrogens is 689 g/mol. The molecule has 0 saturated carbocycles. The van der Waals surface area contributed by atoms with E-state index in [-0.39, 0.29) is 57.6 Å². The largest absolute Gasteiger partial charge is 0.467 e. The molecule has 2 aromatic rings. The number of carbonyl (C=O) groups is 1. The zero-order valence-corrected chi connectivity index (χ0v) is 29.3. The molecule has 11 nitrogen and oxygen atoms in total. The molecule has 1 amide bonds. The summed E-state index contributed by atoms with van der Waals surface area (Å²) in [4.78, 5) is 31.7. The number of rotatable bonds is 5. The summed E-state index contributed by atoms with van der Waals surface area (Å²) in [6, 6.07) is 2.07. The summed E-state index contributed by atoms with van der Waals surface area (Å²) < 4.78 is 38.4. The van der Waals surface area contributed by atoms with Crippen LogP contribution in [0.25, 0.3) is 0 Å². The third-order valence-corrected chi connectivity index (χ3v) is 10.0. The molecule has 1 aromatic carbocycles. The topological polar surface area (TPSA) is 135 Å². The quantitative estimate of drug-likeness (QED) is 0.243. The number of hydrogen-bond acceptors (Lipinski definition) is 10. The van der Waals surface area contributed by atoms with E-state index < -0.39 is 17.8 Å². The summed E-state index contributed by atoms with van der Waals surface area (Å²) in [7, 11) is 4.63. The number of fused-ring (bicyclic) bond motifs is 2. The van der Waals surface area contributed by atoms with Gasteiger partial charge in [0.1, 0.15) is 11.5 Å². The van der Waals surface area contributed by atoms with Crippen molar-refractivity contribution in [3.8, 4) is 6.01 Å². The van der Waals surface area contributed by atoms with Crippen LogP contribution in [0, 0.1) is 5.82 Å². The Hall–Kier alpha value is -3.23. The van der Waals surface area contributed by atoms with Crippen LogP contribution >= 0.6 is 34.8 Å². The highest BCUT2D eigenvalue weighted by Gasteiger charge is 2.34. The van der Waals surface area contributed by atoms with Crippen molar-refractivity contribution < 1.29 is 23.0 Å². The van der Waals surface area contributed by atoms with E-state index in [4.69, 9.17) is 55.7 Å². The van der Waals surface area contributed by atoms with Gasteiger partial charge < -0.3 is 30.7 Å². The van der Waals surface area contributed by atoms with E-state index in [1.807, 2.05) is 4.90 Å². The van der Waals surface area contributed by atoms with Crippen molar-refractivity contribution in [1.29, 1.82) is 0 Å². The number of carbonyl (C=O) groups excluding carboxylic acids is 1. The molecule has 2 fully saturated rings. The Balaban J connectivity index is 0.000000380. The second-order valence-electron chi connectivity index (χ2n) is 12.2. The number of amides is 1. The van der Waals surface area contributed by atoms with E-state index in [0.717, 1.165) is 24.9 Å². The van der Waals surface area contributed by atoms with Crippen molar-refractivity contribution in [1.82, 2.24) is 19.8 Å². The number of aliphatic imine (C=N–C) groups is 1. The molecule has 0 spiro atoms. The Bertz CT molecular complexity index is 1610. The highest BCUT2D eigenvalue weighted by Crippen LogP contribution is 2.42. The van der Waals surface area contributed by atoms with Gasteiger partial charge in [0.25, 0.3) is 5.91 Å². The van der Waals surface area contributed by atoms with Crippen LogP contribution in [0.4, 0.5) is 20.3 Å². The standard InChI is InChI=1S/C24H27Cl3FN7O3.C8H12FN/c1-34(2)23(36)21(30)19(27)15-9-35(6-4-5-31-15)22-11-10-38-16(8-14(11)32-24(33-22)37-3)17-18(26)12(25)7-13(29)20(17)28;9-5-7-4-8-2-1-3-10(8)6-7/h7,16H,4-6,8-10,29-30H2,1-3H3;5,8H,1-4,6H2/b21-19+;7-5-. The van der Waals surface area contributed by atoms with Crippen LogP contribution in [0.3, 0.4) is 0 Å². The van der Waals surface area contributed by atoms with Gasteiger partial charge in [-0.2, -0.15) is 9.97 Å². The zero-order valence-electron chi connectivity index (χ0n) is 27.0. The minimum atomic E-state index is -0.779. The molecule has 0 aliphatic carbocycles. The Morgan fingerprint density at radius 3 is 2.65 bits per heavy atom. The molecule has 0 radical (unpaired) electrons. The van der Waals surface area contributed by atoms with E-state index in [0.29, 0.717) is 48.3 Å². The van der Waals surface area contributed by atoms with Crippen molar-refractivity contribution in [2.45, 2.75) is 50.9 Å². The summed E-state index contributed by atoms with van der Waals surface area (Å²) in [5, 5.41) is 0.252. The molecule has 5 heterocycles. The molecule has 4 N–H and O–H groups in total.